The van der Waals surface area contributed by atoms with Gasteiger partial charge in [0.2, 0.25) is 0 Å². The Kier molecular flexibility index (Phi) is 7.60. The Morgan fingerprint density at radius 2 is 1.89 bits per heavy atom. The fourth-order valence-corrected chi connectivity index (χ4v) is 2.54. The Bertz CT molecular complexity index is 796. The van der Waals surface area contributed by atoms with E-state index in [1.165, 1.54) is 18.0 Å². The maximum absolute atomic E-state index is 12.7. The Morgan fingerprint density at radius 3 is 2.36 bits per heavy atom. The van der Waals surface area contributed by atoms with Crippen molar-refractivity contribution in [2.24, 2.45) is 0 Å². The molecule has 0 radical (unpaired) electrons. The van der Waals surface area contributed by atoms with Crippen LogP contribution in [0.15, 0.2) is 24.4 Å². The summed E-state index contributed by atoms with van der Waals surface area (Å²) in [5.41, 5.74) is -0.0495. The number of aromatic amines is 1. The van der Waals surface area contributed by atoms with Gasteiger partial charge in [0.25, 0.3) is 5.78 Å². The number of hydrogen-bond donors (Lipinski definition) is 1. The molecule has 0 bridgehead atoms. The second kappa shape index (κ2) is 9.25. The topological polar surface area (TPSA) is 88.7 Å². The Balaban J connectivity index is 3.16. The fourth-order valence-electron chi connectivity index (χ4n) is 2.54. The molecule has 1 atom stereocenters. The van der Waals surface area contributed by atoms with Crippen LogP contribution in [0.25, 0.3) is 6.08 Å². The first-order chi connectivity index (χ1) is 13.0. The number of methoxy groups -OCH3 is 2. The summed E-state index contributed by atoms with van der Waals surface area (Å²) in [5, 5.41) is 0. The van der Waals surface area contributed by atoms with Crippen molar-refractivity contribution in [3.63, 3.8) is 0 Å². The van der Waals surface area contributed by atoms with Gasteiger partial charge in [0.15, 0.2) is 0 Å². The molecule has 0 saturated carbocycles. The van der Waals surface area contributed by atoms with Gasteiger partial charge in [0.1, 0.15) is 5.70 Å². The number of Topliss-reactive ketones (excluding diaryl/α,β-unsaturated/α-hetero) is 1. The lowest BCUT2D eigenvalue weighted by Crippen LogP contribution is -2.29. The second-order valence-electron chi connectivity index (χ2n) is 5.91. The largest absolute Gasteiger partial charge is 0.466 e. The quantitative estimate of drug-likeness (QED) is 0.409. The molecule has 0 aliphatic rings. The van der Waals surface area contributed by atoms with Gasteiger partial charge in [-0.15, -0.1) is 0 Å². The zero-order valence-corrected chi connectivity index (χ0v) is 15.8. The number of likely N-dealkylation sites (N-methyl/N-ethyl adjacent to an activating group) is 1. The van der Waals surface area contributed by atoms with E-state index >= 15 is 0 Å². The number of rotatable bonds is 8. The molecule has 1 aromatic heterocycles. The number of nitrogens with one attached hydrogen (secondary N) is 1. The number of H-pyrrole nitrogens is 1. The molecule has 28 heavy (non-hydrogen) atoms. The number of ketones is 1. The standard InChI is InChI=1S/C18H21F3N2O5/c1-6-11-7-12(16(25)18(19,20)21)22-15(11)10(2)9-23(3)13(17(26)28-5)8-14(24)27-4/h6-8,10,22H,1,9H2,2-5H3/b13-8+. The third-order valence-electron chi connectivity index (χ3n) is 3.90. The minimum atomic E-state index is -5.01. The van der Waals surface area contributed by atoms with Crippen LogP contribution in [0.3, 0.4) is 0 Å². The lowest BCUT2D eigenvalue weighted by molar-refractivity contribution is -0.139. The molecule has 154 valence electrons. The highest BCUT2D eigenvalue weighted by Crippen LogP contribution is 2.27. The highest BCUT2D eigenvalue weighted by Gasteiger charge is 2.40. The third-order valence-corrected chi connectivity index (χ3v) is 3.90. The molecule has 1 aromatic rings. The molecule has 0 saturated heterocycles. The lowest BCUT2D eigenvalue weighted by Gasteiger charge is -2.24. The highest BCUT2D eigenvalue weighted by molar-refractivity contribution is 5.99. The van der Waals surface area contributed by atoms with E-state index in [1.54, 1.807) is 6.92 Å². The number of carbonyl (C=O) groups is 3. The molecule has 7 nitrogen and oxygen atoms in total. The molecule has 0 aromatic carbocycles. The SMILES string of the molecule is C=Cc1cc(C(=O)C(F)(F)F)[nH]c1C(C)CN(C)/C(=C/C(=O)OC)C(=O)OC. The van der Waals surface area contributed by atoms with E-state index in [0.717, 1.165) is 26.4 Å². The van der Waals surface area contributed by atoms with Gasteiger partial charge in [0, 0.05) is 25.2 Å². The predicted octanol–water partition coefficient (Wildman–Crippen LogP) is 2.67. The van der Waals surface area contributed by atoms with Crippen molar-refractivity contribution in [2.75, 3.05) is 27.8 Å². The van der Waals surface area contributed by atoms with Gasteiger partial charge < -0.3 is 19.4 Å². The second-order valence-corrected chi connectivity index (χ2v) is 5.91. The normalized spacial score (nSPS) is 12.9. The van der Waals surface area contributed by atoms with Crippen LogP contribution in [0, 0.1) is 0 Å². The van der Waals surface area contributed by atoms with Crippen molar-refractivity contribution in [1.82, 2.24) is 9.88 Å². The van der Waals surface area contributed by atoms with Gasteiger partial charge in [-0.3, -0.25) is 4.79 Å². The zero-order valence-electron chi connectivity index (χ0n) is 15.8. The summed E-state index contributed by atoms with van der Waals surface area (Å²) >= 11 is 0. The molecule has 0 aliphatic heterocycles. The number of aromatic nitrogens is 1. The van der Waals surface area contributed by atoms with Crippen molar-refractivity contribution in [3.8, 4) is 0 Å². The minimum absolute atomic E-state index is 0.0977. The Labute approximate surface area is 159 Å². The molecular weight excluding hydrogens is 381 g/mol. The molecule has 1 heterocycles. The van der Waals surface area contributed by atoms with E-state index in [1.807, 2.05) is 0 Å². The molecule has 0 spiro atoms. The van der Waals surface area contributed by atoms with Gasteiger partial charge >= 0.3 is 18.1 Å². The summed E-state index contributed by atoms with van der Waals surface area (Å²) in [6, 6.07) is 1.07. The van der Waals surface area contributed by atoms with Crippen molar-refractivity contribution < 1.29 is 37.0 Å². The molecular formula is C18H21F3N2O5. The van der Waals surface area contributed by atoms with E-state index < -0.39 is 35.5 Å². The van der Waals surface area contributed by atoms with Crippen LogP contribution in [-0.4, -0.2) is 61.6 Å². The van der Waals surface area contributed by atoms with Gasteiger partial charge in [-0.2, -0.15) is 13.2 Å². The van der Waals surface area contributed by atoms with Crippen LogP contribution in [0.1, 0.15) is 34.6 Å². The van der Waals surface area contributed by atoms with Crippen molar-refractivity contribution >= 4 is 23.8 Å². The predicted molar refractivity (Wildman–Crippen MR) is 94.4 cm³/mol. The molecule has 0 fully saturated rings. The van der Waals surface area contributed by atoms with E-state index in [0.29, 0.717) is 11.3 Å². The molecule has 1 rings (SSSR count). The summed E-state index contributed by atoms with van der Waals surface area (Å²) in [6.45, 7) is 5.32. The summed E-state index contributed by atoms with van der Waals surface area (Å²) in [6.07, 6.45) is -2.75. The van der Waals surface area contributed by atoms with Crippen molar-refractivity contribution in [1.29, 1.82) is 0 Å². The van der Waals surface area contributed by atoms with Crippen molar-refractivity contribution in [3.05, 3.63) is 41.4 Å². The van der Waals surface area contributed by atoms with Crippen LogP contribution < -0.4 is 0 Å². The summed E-state index contributed by atoms with van der Waals surface area (Å²) in [7, 11) is 3.78. The number of esters is 2. The molecule has 0 amide bonds. The van der Waals surface area contributed by atoms with E-state index in [-0.39, 0.29) is 12.2 Å². The number of ether oxygens (including phenoxy) is 2. The van der Waals surface area contributed by atoms with E-state index in [9.17, 15) is 27.6 Å². The van der Waals surface area contributed by atoms with Gasteiger partial charge in [-0.25, -0.2) is 9.59 Å². The van der Waals surface area contributed by atoms with Gasteiger partial charge in [0.05, 0.1) is 26.0 Å². The van der Waals surface area contributed by atoms with E-state index in [2.05, 4.69) is 21.0 Å². The summed E-state index contributed by atoms with van der Waals surface area (Å²) in [4.78, 5) is 38.7. The first-order valence-electron chi connectivity index (χ1n) is 8.02. The maximum atomic E-state index is 12.7. The van der Waals surface area contributed by atoms with Crippen LogP contribution in [0.4, 0.5) is 13.2 Å². The maximum Gasteiger partial charge on any atom is 0.456 e. The van der Waals surface area contributed by atoms with Crippen molar-refractivity contribution in [2.45, 2.75) is 19.0 Å². The monoisotopic (exact) mass is 402 g/mol. The molecule has 1 unspecified atom stereocenters. The Morgan fingerprint density at radius 1 is 1.29 bits per heavy atom. The zero-order chi connectivity index (χ0) is 21.6. The molecule has 1 N–H and O–H groups in total. The number of alkyl halides is 3. The van der Waals surface area contributed by atoms with Gasteiger partial charge in [-0.05, 0) is 11.6 Å². The number of halogens is 3. The van der Waals surface area contributed by atoms with Gasteiger partial charge in [-0.1, -0.05) is 19.6 Å². The minimum Gasteiger partial charge on any atom is -0.466 e. The summed E-state index contributed by atoms with van der Waals surface area (Å²) < 4.78 is 47.2. The first-order valence-corrected chi connectivity index (χ1v) is 8.02. The first kappa shape index (κ1) is 23.0. The lowest BCUT2D eigenvalue weighted by atomic mass is 10.0. The molecule has 10 heteroatoms. The summed E-state index contributed by atoms with van der Waals surface area (Å²) in [5.74, 6) is -4.02. The van der Waals surface area contributed by atoms with E-state index in [4.69, 9.17) is 0 Å². The average Bonchev–Trinajstić information content (AvgIpc) is 3.07. The molecule has 0 aliphatic carbocycles. The average molecular weight is 402 g/mol. The van der Waals surface area contributed by atoms with Crippen LogP contribution >= 0.6 is 0 Å². The number of hydrogen-bond acceptors (Lipinski definition) is 6. The highest BCUT2D eigenvalue weighted by atomic mass is 19.4. The number of nitrogens with zero attached hydrogens (tertiary/aromatic N) is 1. The fraction of sp³-hybridized carbons (Fsp3) is 0.389. The van der Waals surface area contributed by atoms with Crippen LogP contribution in [0.2, 0.25) is 0 Å². The smallest absolute Gasteiger partial charge is 0.456 e. The Hall–Kier alpha value is -3.04. The number of carbonyl (C=O) groups excluding carboxylic acids is 3. The van der Waals surface area contributed by atoms with Crippen LogP contribution in [0.5, 0.6) is 0 Å². The third kappa shape index (κ3) is 5.48. The van der Waals surface area contributed by atoms with Crippen LogP contribution in [-0.2, 0) is 19.1 Å².